The molecule has 0 spiro atoms. The molecule has 0 fully saturated rings. The van der Waals surface area contributed by atoms with Crippen molar-refractivity contribution >= 4 is 5.91 Å². The number of benzene rings is 1. The Morgan fingerprint density at radius 1 is 1.19 bits per heavy atom. The Hall–Kier alpha value is -1.35. The topological polar surface area (TPSA) is 32.3 Å². The second kappa shape index (κ2) is 5.66. The van der Waals surface area contributed by atoms with Gasteiger partial charge < -0.3 is 4.90 Å². The standard InChI is InChI=1S/C13H20N2O/c1-10(12-8-6-5-7-9-12)14-11(2)13(16)15(3)4/h5-11,14H,1-4H3/t10-,11?/m0/s1. The van der Waals surface area contributed by atoms with Crippen LogP contribution >= 0.6 is 0 Å². The third-order valence-corrected chi connectivity index (χ3v) is 2.61. The summed E-state index contributed by atoms with van der Waals surface area (Å²) in [4.78, 5) is 13.3. The van der Waals surface area contributed by atoms with E-state index in [0.717, 1.165) is 0 Å². The maximum absolute atomic E-state index is 11.7. The fourth-order valence-corrected chi connectivity index (χ4v) is 1.67. The minimum absolute atomic E-state index is 0.0998. The zero-order valence-electron chi connectivity index (χ0n) is 10.4. The first-order valence-electron chi connectivity index (χ1n) is 5.54. The molecule has 0 saturated heterocycles. The van der Waals surface area contributed by atoms with E-state index in [9.17, 15) is 4.79 Å². The van der Waals surface area contributed by atoms with Gasteiger partial charge in [0.15, 0.2) is 0 Å². The number of nitrogens with one attached hydrogen (secondary N) is 1. The summed E-state index contributed by atoms with van der Waals surface area (Å²) in [5, 5.41) is 3.29. The van der Waals surface area contributed by atoms with Crippen molar-refractivity contribution in [2.45, 2.75) is 25.9 Å². The summed E-state index contributed by atoms with van der Waals surface area (Å²) in [7, 11) is 3.54. The molecule has 0 saturated carbocycles. The van der Waals surface area contributed by atoms with Crippen molar-refractivity contribution < 1.29 is 4.79 Å². The molecule has 1 N–H and O–H groups in total. The number of amides is 1. The van der Waals surface area contributed by atoms with E-state index in [0.29, 0.717) is 0 Å². The zero-order chi connectivity index (χ0) is 12.1. The van der Waals surface area contributed by atoms with E-state index in [4.69, 9.17) is 0 Å². The van der Waals surface area contributed by atoms with Gasteiger partial charge in [0.05, 0.1) is 6.04 Å². The van der Waals surface area contributed by atoms with Crippen LogP contribution in [0.2, 0.25) is 0 Å². The van der Waals surface area contributed by atoms with E-state index in [1.165, 1.54) is 5.56 Å². The van der Waals surface area contributed by atoms with Crippen molar-refractivity contribution in [1.82, 2.24) is 10.2 Å². The molecule has 3 heteroatoms. The van der Waals surface area contributed by atoms with Crippen LogP contribution in [-0.4, -0.2) is 30.9 Å². The van der Waals surface area contributed by atoms with Gasteiger partial charge in [0.25, 0.3) is 0 Å². The molecule has 1 rings (SSSR count). The molecule has 0 bridgehead atoms. The number of carbonyl (C=O) groups excluding carboxylic acids is 1. The largest absolute Gasteiger partial charge is 0.347 e. The maximum atomic E-state index is 11.7. The fraction of sp³-hybridized carbons (Fsp3) is 0.462. The summed E-state index contributed by atoms with van der Waals surface area (Å²) in [6.45, 7) is 3.95. The Morgan fingerprint density at radius 3 is 2.25 bits per heavy atom. The third-order valence-electron chi connectivity index (χ3n) is 2.61. The van der Waals surface area contributed by atoms with E-state index < -0.39 is 0 Å². The van der Waals surface area contributed by atoms with Crippen molar-refractivity contribution in [2.75, 3.05) is 14.1 Å². The molecule has 1 unspecified atom stereocenters. The van der Waals surface area contributed by atoms with Gasteiger partial charge in [-0.2, -0.15) is 0 Å². The molecule has 0 aliphatic carbocycles. The van der Waals surface area contributed by atoms with Gasteiger partial charge in [0.1, 0.15) is 0 Å². The van der Waals surface area contributed by atoms with Gasteiger partial charge in [0, 0.05) is 20.1 Å². The van der Waals surface area contributed by atoms with Gasteiger partial charge in [-0.25, -0.2) is 0 Å². The molecule has 0 radical (unpaired) electrons. The predicted molar refractivity (Wildman–Crippen MR) is 66.1 cm³/mol. The fourth-order valence-electron chi connectivity index (χ4n) is 1.67. The van der Waals surface area contributed by atoms with Gasteiger partial charge >= 0.3 is 0 Å². The lowest BCUT2D eigenvalue weighted by Gasteiger charge is -2.22. The van der Waals surface area contributed by atoms with Crippen LogP contribution in [0.4, 0.5) is 0 Å². The lowest BCUT2D eigenvalue weighted by molar-refractivity contribution is -0.130. The normalized spacial score (nSPS) is 14.2. The SMILES string of the molecule is CC(N[C@@H](C)c1ccccc1)C(=O)N(C)C. The first kappa shape index (κ1) is 12.7. The van der Waals surface area contributed by atoms with E-state index in [1.54, 1.807) is 19.0 Å². The van der Waals surface area contributed by atoms with Crippen LogP contribution in [0.5, 0.6) is 0 Å². The smallest absolute Gasteiger partial charge is 0.238 e. The summed E-state index contributed by atoms with van der Waals surface area (Å²) < 4.78 is 0. The molecule has 1 aromatic rings. The molecular weight excluding hydrogens is 200 g/mol. The summed E-state index contributed by atoms with van der Waals surface area (Å²) in [6.07, 6.45) is 0. The second-order valence-electron chi connectivity index (χ2n) is 4.25. The zero-order valence-corrected chi connectivity index (χ0v) is 10.4. The highest BCUT2D eigenvalue weighted by atomic mass is 16.2. The van der Waals surface area contributed by atoms with Crippen LogP contribution in [0.25, 0.3) is 0 Å². The summed E-state index contributed by atoms with van der Waals surface area (Å²) in [5.41, 5.74) is 1.20. The van der Waals surface area contributed by atoms with Crippen molar-refractivity contribution in [2.24, 2.45) is 0 Å². The van der Waals surface area contributed by atoms with Crippen LogP contribution < -0.4 is 5.32 Å². The Bertz CT molecular complexity index is 335. The highest BCUT2D eigenvalue weighted by Crippen LogP contribution is 2.12. The number of likely N-dealkylation sites (N-methyl/N-ethyl adjacent to an activating group) is 1. The molecule has 0 aliphatic rings. The van der Waals surface area contributed by atoms with Crippen LogP contribution in [0, 0.1) is 0 Å². The number of carbonyl (C=O) groups is 1. The van der Waals surface area contributed by atoms with Crippen LogP contribution in [0.3, 0.4) is 0 Å². The number of nitrogens with zero attached hydrogens (tertiary/aromatic N) is 1. The maximum Gasteiger partial charge on any atom is 0.238 e. The lowest BCUT2D eigenvalue weighted by atomic mass is 10.1. The van der Waals surface area contributed by atoms with Crippen molar-refractivity contribution in [3.8, 4) is 0 Å². The molecule has 16 heavy (non-hydrogen) atoms. The van der Waals surface area contributed by atoms with Crippen molar-refractivity contribution in [3.05, 3.63) is 35.9 Å². The van der Waals surface area contributed by atoms with E-state index >= 15 is 0 Å². The number of rotatable bonds is 4. The Morgan fingerprint density at radius 2 is 1.75 bits per heavy atom. The first-order valence-corrected chi connectivity index (χ1v) is 5.54. The molecule has 0 aromatic heterocycles. The molecule has 1 amide bonds. The van der Waals surface area contributed by atoms with Crippen molar-refractivity contribution in [3.63, 3.8) is 0 Å². The Balaban J connectivity index is 2.58. The molecule has 0 aliphatic heterocycles. The Labute approximate surface area is 97.5 Å². The van der Waals surface area contributed by atoms with Gasteiger partial charge in [0.2, 0.25) is 5.91 Å². The van der Waals surface area contributed by atoms with E-state index in [2.05, 4.69) is 24.4 Å². The minimum Gasteiger partial charge on any atom is -0.347 e. The van der Waals surface area contributed by atoms with Gasteiger partial charge in [-0.3, -0.25) is 10.1 Å². The van der Waals surface area contributed by atoms with Gasteiger partial charge in [-0.15, -0.1) is 0 Å². The molecule has 88 valence electrons. The van der Waals surface area contributed by atoms with Crippen LogP contribution in [-0.2, 0) is 4.79 Å². The number of hydrogen-bond acceptors (Lipinski definition) is 2. The molecule has 2 atom stereocenters. The third kappa shape index (κ3) is 3.35. The Kier molecular flexibility index (Phi) is 4.50. The van der Waals surface area contributed by atoms with Crippen molar-refractivity contribution in [1.29, 1.82) is 0 Å². The van der Waals surface area contributed by atoms with E-state index in [1.807, 2.05) is 25.1 Å². The summed E-state index contributed by atoms with van der Waals surface area (Å²) >= 11 is 0. The van der Waals surface area contributed by atoms with Crippen LogP contribution in [0.1, 0.15) is 25.5 Å². The molecule has 1 aromatic carbocycles. The second-order valence-corrected chi connectivity index (χ2v) is 4.25. The highest BCUT2D eigenvalue weighted by molar-refractivity contribution is 5.80. The average molecular weight is 220 g/mol. The molecule has 3 nitrogen and oxygen atoms in total. The summed E-state index contributed by atoms with van der Waals surface area (Å²) in [6, 6.07) is 10.1. The monoisotopic (exact) mass is 220 g/mol. The molecular formula is C13H20N2O. The quantitative estimate of drug-likeness (QED) is 0.839. The first-order chi connectivity index (χ1) is 7.52. The minimum atomic E-state index is -0.162. The highest BCUT2D eigenvalue weighted by Gasteiger charge is 2.17. The summed E-state index contributed by atoms with van der Waals surface area (Å²) in [5.74, 6) is 0.0998. The lowest BCUT2D eigenvalue weighted by Crippen LogP contribution is -2.42. The molecule has 0 heterocycles. The van der Waals surface area contributed by atoms with E-state index in [-0.39, 0.29) is 18.0 Å². The van der Waals surface area contributed by atoms with Crippen LogP contribution in [0.15, 0.2) is 30.3 Å². The van der Waals surface area contributed by atoms with Gasteiger partial charge in [-0.05, 0) is 19.4 Å². The van der Waals surface area contributed by atoms with Gasteiger partial charge in [-0.1, -0.05) is 30.3 Å². The average Bonchev–Trinajstić information content (AvgIpc) is 2.28. The number of hydrogen-bond donors (Lipinski definition) is 1. The predicted octanol–water partition coefficient (Wildman–Crippen LogP) is 1.81.